The first-order valence-corrected chi connectivity index (χ1v) is 12.8. The first-order valence-electron chi connectivity index (χ1n) is 12.8. The van der Waals surface area contributed by atoms with Crippen molar-refractivity contribution in [2.24, 2.45) is 0 Å². The maximum absolute atomic E-state index is 14.8. The van der Waals surface area contributed by atoms with Crippen molar-refractivity contribution in [3.8, 4) is 22.5 Å². The number of halogens is 4. The fourth-order valence-electron chi connectivity index (χ4n) is 4.76. The fourth-order valence-corrected chi connectivity index (χ4v) is 4.76. The molecule has 0 fully saturated rings. The van der Waals surface area contributed by atoms with E-state index in [1.54, 1.807) is 6.07 Å². The van der Waals surface area contributed by atoms with E-state index >= 15 is 0 Å². The molecule has 0 radical (unpaired) electrons. The maximum Gasteiger partial charge on any atom is 0.230 e. The number of aromatic nitrogens is 7. The summed E-state index contributed by atoms with van der Waals surface area (Å²) < 4.78 is 58.5. The zero-order valence-corrected chi connectivity index (χ0v) is 22.0. The van der Waals surface area contributed by atoms with Gasteiger partial charge in [-0.25, -0.2) is 41.7 Å². The van der Waals surface area contributed by atoms with Gasteiger partial charge in [-0.1, -0.05) is 6.07 Å². The normalized spacial score (nSPS) is 12.8. The molecule has 0 spiro atoms. The van der Waals surface area contributed by atoms with E-state index in [2.05, 4.69) is 30.5 Å². The summed E-state index contributed by atoms with van der Waals surface area (Å²) in [6.45, 7) is -0.371. The molecule has 10 nitrogen and oxygen atoms in total. The van der Waals surface area contributed by atoms with Crippen molar-refractivity contribution in [2.45, 2.75) is 18.6 Å². The Morgan fingerprint density at radius 3 is 2.47 bits per heavy atom. The van der Waals surface area contributed by atoms with Gasteiger partial charge in [-0.15, -0.1) is 0 Å². The van der Waals surface area contributed by atoms with Crippen molar-refractivity contribution in [1.82, 2.24) is 34.3 Å². The van der Waals surface area contributed by atoms with Crippen molar-refractivity contribution in [3.63, 3.8) is 0 Å². The molecule has 6 rings (SSSR count). The monoisotopic (exact) mass is 588 g/mol. The van der Waals surface area contributed by atoms with Crippen molar-refractivity contribution in [1.29, 1.82) is 0 Å². The van der Waals surface area contributed by atoms with E-state index in [9.17, 15) is 27.5 Å². The van der Waals surface area contributed by atoms with Crippen LogP contribution in [0, 0.1) is 23.3 Å². The van der Waals surface area contributed by atoms with Gasteiger partial charge in [-0.3, -0.25) is 10.1 Å². The Kier molecular flexibility index (Phi) is 7.11. The van der Waals surface area contributed by atoms with Crippen LogP contribution >= 0.6 is 0 Å². The third-order valence-electron chi connectivity index (χ3n) is 6.65. The Labute approximate surface area is 240 Å². The molecular formula is C29H20F4N8O2. The van der Waals surface area contributed by atoms with E-state index in [0.29, 0.717) is 34.1 Å². The molecule has 0 aliphatic rings. The highest BCUT2D eigenvalue weighted by Gasteiger charge is 2.36. The number of hydrogen-bond acceptors (Lipinski definition) is 7. The summed E-state index contributed by atoms with van der Waals surface area (Å²) in [5.41, 5.74) is -0.341. The summed E-state index contributed by atoms with van der Waals surface area (Å²) in [4.78, 5) is 25.5. The van der Waals surface area contributed by atoms with Gasteiger partial charge in [0.25, 0.3) is 0 Å². The highest BCUT2D eigenvalue weighted by Crippen LogP contribution is 2.35. The van der Waals surface area contributed by atoms with E-state index in [1.165, 1.54) is 70.6 Å². The molecule has 2 aromatic carbocycles. The van der Waals surface area contributed by atoms with Crippen LogP contribution in [0.1, 0.15) is 12.0 Å². The van der Waals surface area contributed by atoms with Crippen LogP contribution in [0.15, 0.2) is 85.7 Å². The summed E-state index contributed by atoms with van der Waals surface area (Å²) in [6, 6.07) is 12.5. The minimum Gasteiger partial charge on any atom is -0.383 e. The molecule has 0 unspecified atom stereocenters. The largest absolute Gasteiger partial charge is 0.383 e. The van der Waals surface area contributed by atoms with Crippen LogP contribution in [0.4, 0.5) is 23.5 Å². The molecule has 0 bridgehead atoms. The number of aliphatic hydroxyl groups is 1. The number of anilines is 1. The first-order chi connectivity index (χ1) is 20.7. The van der Waals surface area contributed by atoms with Gasteiger partial charge >= 0.3 is 0 Å². The molecule has 216 valence electrons. The Balaban J connectivity index is 1.33. The van der Waals surface area contributed by atoms with Crippen LogP contribution in [0.2, 0.25) is 0 Å². The number of carbonyl (C=O) groups is 1. The van der Waals surface area contributed by atoms with Crippen LogP contribution in [-0.4, -0.2) is 45.4 Å². The average molecular weight is 589 g/mol. The van der Waals surface area contributed by atoms with E-state index in [4.69, 9.17) is 0 Å². The highest BCUT2D eigenvalue weighted by molar-refractivity contribution is 5.92. The van der Waals surface area contributed by atoms with Gasteiger partial charge in [-0.05, 0) is 48.5 Å². The smallest absolute Gasteiger partial charge is 0.230 e. The molecule has 4 heterocycles. The second-order valence-corrected chi connectivity index (χ2v) is 9.65. The van der Waals surface area contributed by atoms with Gasteiger partial charge < -0.3 is 5.11 Å². The molecule has 0 saturated heterocycles. The number of fused-ring (bicyclic) bond motifs is 1. The van der Waals surface area contributed by atoms with Crippen molar-refractivity contribution in [3.05, 3.63) is 115 Å². The van der Waals surface area contributed by atoms with Crippen molar-refractivity contribution >= 4 is 17.4 Å². The number of rotatable bonds is 8. The Bertz CT molecular complexity index is 1950. The van der Waals surface area contributed by atoms with Gasteiger partial charge in [0.2, 0.25) is 11.9 Å². The standard InChI is InChI=1S/C29H20F4N8O2/c30-18-3-1-17(2-4-18)27-26(24-8-6-20(32)13-41(24)39-27)23-9-10-35-28(37-23)38-25(42)12-29(43,14-40-16-34-15-36-40)21-7-5-19(31)11-22(21)33/h1-11,13,15-16,43H,12,14H2,(H,35,37,38,42)/t29-/m0/s1. The van der Waals surface area contributed by atoms with E-state index in [-0.39, 0.29) is 18.1 Å². The predicted octanol–water partition coefficient (Wildman–Crippen LogP) is 4.52. The maximum atomic E-state index is 14.8. The molecular weight excluding hydrogens is 568 g/mol. The predicted molar refractivity (Wildman–Crippen MR) is 145 cm³/mol. The molecule has 1 amide bonds. The number of pyridine rings is 1. The topological polar surface area (TPSA) is 123 Å². The molecule has 1 atom stereocenters. The van der Waals surface area contributed by atoms with Gasteiger partial charge in [0.15, 0.2) is 0 Å². The van der Waals surface area contributed by atoms with Gasteiger partial charge in [0.1, 0.15) is 47.2 Å². The number of amides is 1. The number of hydrogen-bond donors (Lipinski definition) is 2. The number of carbonyl (C=O) groups excluding carboxylic acids is 1. The van der Waals surface area contributed by atoms with Crippen LogP contribution < -0.4 is 5.32 Å². The lowest BCUT2D eigenvalue weighted by Gasteiger charge is -2.28. The lowest BCUT2D eigenvalue weighted by atomic mass is 9.89. The van der Waals surface area contributed by atoms with E-state index in [0.717, 1.165) is 12.1 Å². The van der Waals surface area contributed by atoms with Crippen molar-refractivity contribution in [2.75, 3.05) is 5.32 Å². The molecule has 0 saturated carbocycles. The van der Waals surface area contributed by atoms with E-state index in [1.807, 2.05) is 0 Å². The van der Waals surface area contributed by atoms with Crippen molar-refractivity contribution < 1.29 is 27.5 Å². The second-order valence-electron chi connectivity index (χ2n) is 9.65. The first kappa shape index (κ1) is 27.7. The lowest BCUT2D eigenvalue weighted by Crippen LogP contribution is -2.37. The second kappa shape index (κ2) is 11.1. The minimum absolute atomic E-state index is 0.156. The fraction of sp³-hybridized carbons (Fsp3) is 0.103. The summed E-state index contributed by atoms with van der Waals surface area (Å²) in [5.74, 6) is -3.82. The quantitative estimate of drug-likeness (QED) is 0.251. The molecule has 0 aliphatic carbocycles. The Morgan fingerprint density at radius 1 is 0.953 bits per heavy atom. The zero-order valence-electron chi connectivity index (χ0n) is 22.0. The number of nitrogens with one attached hydrogen (secondary N) is 1. The van der Waals surface area contributed by atoms with Crippen LogP contribution in [0.3, 0.4) is 0 Å². The van der Waals surface area contributed by atoms with Crippen LogP contribution in [0.25, 0.3) is 28.0 Å². The molecule has 14 heteroatoms. The molecule has 6 aromatic rings. The summed E-state index contributed by atoms with van der Waals surface area (Å²) in [6.07, 6.45) is 4.36. The molecule has 4 aromatic heterocycles. The number of nitrogens with zero attached hydrogens (tertiary/aromatic N) is 7. The van der Waals surface area contributed by atoms with E-state index < -0.39 is 41.2 Å². The Hall–Kier alpha value is -5.50. The molecule has 0 aliphatic heterocycles. The minimum atomic E-state index is -2.16. The highest BCUT2D eigenvalue weighted by atomic mass is 19.1. The SMILES string of the molecule is O=C(C[C@](O)(Cn1cncn1)c1ccc(F)cc1F)Nc1nccc(-c2c(-c3ccc(F)cc3)nn3cc(F)ccc23)n1. The third kappa shape index (κ3) is 5.67. The molecule has 2 N–H and O–H groups in total. The summed E-state index contributed by atoms with van der Waals surface area (Å²) in [5, 5.41) is 22.4. The summed E-state index contributed by atoms with van der Waals surface area (Å²) >= 11 is 0. The van der Waals surface area contributed by atoms with Crippen LogP contribution in [-0.2, 0) is 16.9 Å². The van der Waals surface area contributed by atoms with Gasteiger partial charge in [0.05, 0.1) is 35.9 Å². The van der Waals surface area contributed by atoms with Gasteiger partial charge in [0, 0.05) is 23.4 Å². The Morgan fingerprint density at radius 2 is 1.72 bits per heavy atom. The third-order valence-corrected chi connectivity index (χ3v) is 6.65. The molecule has 43 heavy (non-hydrogen) atoms. The lowest BCUT2D eigenvalue weighted by molar-refractivity contribution is -0.122. The van der Waals surface area contributed by atoms with Gasteiger partial charge in [-0.2, -0.15) is 10.2 Å². The zero-order chi connectivity index (χ0) is 30.1. The average Bonchev–Trinajstić information content (AvgIpc) is 3.60. The summed E-state index contributed by atoms with van der Waals surface area (Å²) in [7, 11) is 0. The van der Waals surface area contributed by atoms with Crippen LogP contribution in [0.5, 0.6) is 0 Å². The number of benzene rings is 2.